The lowest BCUT2D eigenvalue weighted by Crippen LogP contribution is -2.43. The quantitative estimate of drug-likeness (QED) is 0.468. The smallest absolute Gasteiger partial charge is 0.262 e. The van der Waals surface area contributed by atoms with Gasteiger partial charge in [-0.25, -0.2) is 0 Å². The Morgan fingerprint density at radius 1 is 1.06 bits per heavy atom. The number of rotatable bonds is 5. The molecule has 156 valence electrons. The number of ether oxygens (including phenoxy) is 2. The average molecular weight is 433 g/mol. The van der Waals surface area contributed by atoms with Gasteiger partial charge in [-0.2, -0.15) is 5.10 Å². The normalized spacial score (nSPS) is 15.4. The molecular weight excluding hydrogens is 412 g/mol. The summed E-state index contributed by atoms with van der Waals surface area (Å²) in [6.07, 6.45) is 1.28. The first-order valence-corrected chi connectivity index (χ1v) is 10.6. The van der Waals surface area contributed by atoms with E-state index in [1.165, 1.54) is 0 Å². The summed E-state index contributed by atoms with van der Waals surface area (Å²) < 4.78 is 11.0. The van der Waals surface area contributed by atoms with Gasteiger partial charge >= 0.3 is 0 Å². The van der Waals surface area contributed by atoms with Crippen molar-refractivity contribution in [3.05, 3.63) is 77.3 Å². The van der Waals surface area contributed by atoms with E-state index in [9.17, 15) is 4.79 Å². The van der Waals surface area contributed by atoms with Crippen molar-refractivity contribution in [2.45, 2.75) is 6.17 Å². The van der Waals surface area contributed by atoms with Crippen LogP contribution in [0.25, 0.3) is 10.6 Å². The zero-order valence-corrected chi connectivity index (χ0v) is 17.8. The van der Waals surface area contributed by atoms with Gasteiger partial charge in [-0.3, -0.25) is 14.8 Å². The van der Waals surface area contributed by atoms with E-state index in [1.54, 1.807) is 42.7 Å². The molecule has 0 unspecified atom stereocenters. The minimum Gasteiger partial charge on any atom is -0.497 e. The van der Waals surface area contributed by atoms with Crippen LogP contribution in [0, 0.1) is 0 Å². The number of H-pyrrole nitrogens is 1. The highest BCUT2D eigenvalue weighted by Crippen LogP contribution is 2.43. The summed E-state index contributed by atoms with van der Waals surface area (Å²) in [6, 6.07) is 16.9. The Bertz CT molecular complexity index is 1240. The second-order valence-electron chi connectivity index (χ2n) is 6.98. The van der Waals surface area contributed by atoms with Crippen molar-refractivity contribution < 1.29 is 14.3 Å². The molecule has 1 aliphatic heterocycles. The Balaban J connectivity index is 1.69. The van der Waals surface area contributed by atoms with Gasteiger partial charge in [0.1, 0.15) is 17.7 Å². The van der Waals surface area contributed by atoms with E-state index in [2.05, 4.69) is 15.5 Å². The van der Waals surface area contributed by atoms with Crippen molar-refractivity contribution in [1.82, 2.24) is 10.2 Å². The highest BCUT2D eigenvalue weighted by Gasteiger charge is 2.37. The summed E-state index contributed by atoms with van der Waals surface area (Å²) in [5.41, 5.74) is 3.75. The number of thiophene rings is 1. The first kappa shape index (κ1) is 19.2. The van der Waals surface area contributed by atoms with Gasteiger partial charge in [0.05, 0.1) is 42.2 Å². The van der Waals surface area contributed by atoms with Gasteiger partial charge in [-0.1, -0.05) is 18.2 Å². The molecule has 2 aromatic heterocycles. The Labute approximate surface area is 183 Å². The second-order valence-corrected chi connectivity index (χ2v) is 7.93. The van der Waals surface area contributed by atoms with Gasteiger partial charge < -0.3 is 14.8 Å². The van der Waals surface area contributed by atoms with E-state index in [0.717, 1.165) is 21.8 Å². The molecule has 2 N–H and O–H groups in total. The van der Waals surface area contributed by atoms with Crippen molar-refractivity contribution in [3.8, 4) is 22.1 Å². The van der Waals surface area contributed by atoms with Crippen molar-refractivity contribution in [2.24, 2.45) is 0 Å². The number of carbonyl (C=O) groups excluding carboxylic acids is 1. The van der Waals surface area contributed by atoms with Crippen LogP contribution in [0.2, 0.25) is 0 Å². The third-order valence-corrected chi connectivity index (χ3v) is 6.19. The van der Waals surface area contributed by atoms with Crippen LogP contribution in [-0.4, -0.2) is 30.3 Å². The maximum atomic E-state index is 13.7. The van der Waals surface area contributed by atoms with Crippen LogP contribution in [0.3, 0.4) is 0 Å². The molecule has 0 radical (unpaired) electrons. The average Bonchev–Trinajstić information content (AvgIpc) is 3.50. The fourth-order valence-electron chi connectivity index (χ4n) is 3.82. The minimum atomic E-state index is -0.486. The van der Waals surface area contributed by atoms with Crippen molar-refractivity contribution in [2.75, 3.05) is 24.4 Å². The van der Waals surface area contributed by atoms with Crippen molar-refractivity contribution in [1.29, 1.82) is 0 Å². The molecule has 2 aromatic carbocycles. The van der Waals surface area contributed by atoms with Crippen LogP contribution in [0.15, 0.2) is 66.2 Å². The van der Waals surface area contributed by atoms with Crippen LogP contribution in [-0.2, 0) is 0 Å². The maximum absolute atomic E-state index is 13.7. The van der Waals surface area contributed by atoms with Crippen LogP contribution in [0.1, 0.15) is 22.1 Å². The molecule has 5 rings (SSSR count). The van der Waals surface area contributed by atoms with Crippen LogP contribution in [0.4, 0.5) is 11.4 Å². The lowest BCUT2D eigenvalue weighted by Gasteiger charge is -2.38. The molecule has 0 saturated carbocycles. The molecule has 4 aromatic rings. The number of amides is 1. The third kappa shape index (κ3) is 3.21. The van der Waals surface area contributed by atoms with Gasteiger partial charge in [0.25, 0.3) is 5.91 Å². The molecule has 0 bridgehead atoms. The lowest BCUT2D eigenvalue weighted by atomic mass is 10.0. The topological polar surface area (TPSA) is 79.5 Å². The summed E-state index contributed by atoms with van der Waals surface area (Å²) >= 11 is 1.61. The minimum absolute atomic E-state index is 0.124. The number of anilines is 2. The molecule has 0 spiro atoms. The number of nitrogens with one attached hydrogen (secondary N) is 2. The Hall–Kier alpha value is -3.78. The molecule has 0 aliphatic carbocycles. The molecule has 3 heterocycles. The van der Waals surface area contributed by atoms with Crippen LogP contribution >= 0.6 is 11.3 Å². The number of methoxy groups -OCH3 is 2. The molecule has 7 nitrogen and oxygen atoms in total. The molecule has 0 fully saturated rings. The third-order valence-electron chi connectivity index (χ3n) is 5.30. The fourth-order valence-corrected chi connectivity index (χ4v) is 4.57. The molecule has 1 amide bonds. The molecule has 1 atom stereocenters. The Kier molecular flexibility index (Phi) is 4.83. The molecule has 0 saturated heterocycles. The molecule has 31 heavy (non-hydrogen) atoms. The SMILES string of the molecule is COc1ccc(N2C(=O)c3ccccc3N[C@H]2c2cn[nH]c2-c2cccs2)c(OC)c1. The molecule has 8 heteroatoms. The fraction of sp³-hybridized carbons (Fsp3) is 0.130. The zero-order chi connectivity index (χ0) is 21.4. The summed E-state index contributed by atoms with van der Waals surface area (Å²) in [5.74, 6) is 1.07. The number of hydrogen-bond acceptors (Lipinski definition) is 6. The number of aromatic amines is 1. The highest BCUT2D eigenvalue weighted by atomic mass is 32.1. The van der Waals surface area contributed by atoms with Crippen LogP contribution in [0.5, 0.6) is 11.5 Å². The number of para-hydroxylation sites is 1. The first-order chi connectivity index (χ1) is 15.2. The number of benzene rings is 2. The largest absolute Gasteiger partial charge is 0.497 e. The predicted octanol–water partition coefficient (Wildman–Crippen LogP) is 4.93. The second kappa shape index (κ2) is 7.81. The number of hydrogen-bond donors (Lipinski definition) is 2. The number of nitrogens with zero attached hydrogens (tertiary/aromatic N) is 2. The highest BCUT2D eigenvalue weighted by molar-refractivity contribution is 7.13. The van der Waals surface area contributed by atoms with Crippen LogP contribution < -0.4 is 19.7 Å². The van der Waals surface area contributed by atoms with Crippen molar-refractivity contribution in [3.63, 3.8) is 0 Å². The number of carbonyl (C=O) groups is 1. The van der Waals surface area contributed by atoms with E-state index < -0.39 is 6.17 Å². The van der Waals surface area contributed by atoms with E-state index >= 15 is 0 Å². The summed E-state index contributed by atoms with van der Waals surface area (Å²) in [4.78, 5) is 16.5. The summed E-state index contributed by atoms with van der Waals surface area (Å²) in [7, 11) is 3.18. The van der Waals surface area contributed by atoms with Gasteiger partial charge in [-0.05, 0) is 35.7 Å². The number of fused-ring (bicyclic) bond motifs is 1. The molecule has 1 aliphatic rings. The monoisotopic (exact) mass is 432 g/mol. The van der Waals surface area contributed by atoms with Gasteiger partial charge in [0, 0.05) is 17.3 Å². The standard InChI is InChI=1S/C23H20N4O3S/c1-29-14-9-10-18(19(12-14)30-2)27-22(25-17-7-4-3-6-15(17)23(27)28)16-13-24-26-21(16)20-8-5-11-31-20/h3-13,22,25H,1-2H3,(H,24,26)/t22-/m1/s1. The van der Waals surface area contributed by atoms with Gasteiger partial charge in [0.15, 0.2) is 0 Å². The summed E-state index contributed by atoms with van der Waals surface area (Å²) in [5, 5.41) is 12.9. The lowest BCUT2D eigenvalue weighted by molar-refractivity contribution is 0.0974. The predicted molar refractivity (Wildman–Crippen MR) is 121 cm³/mol. The Morgan fingerprint density at radius 3 is 2.71 bits per heavy atom. The van der Waals surface area contributed by atoms with E-state index in [4.69, 9.17) is 9.47 Å². The first-order valence-electron chi connectivity index (χ1n) is 9.69. The van der Waals surface area contributed by atoms with E-state index in [1.807, 2.05) is 53.9 Å². The van der Waals surface area contributed by atoms with Gasteiger partial charge in [0.2, 0.25) is 0 Å². The number of aromatic nitrogens is 2. The van der Waals surface area contributed by atoms with E-state index in [0.29, 0.717) is 22.7 Å². The van der Waals surface area contributed by atoms with Crippen molar-refractivity contribution >= 4 is 28.6 Å². The maximum Gasteiger partial charge on any atom is 0.262 e. The van der Waals surface area contributed by atoms with E-state index in [-0.39, 0.29) is 5.91 Å². The Morgan fingerprint density at radius 2 is 1.94 bits per heavy atom. The van der Waals surface area contributed by atoms with Gasteiger partial charge in [-0.15, -0.1) is 11.3 Å². The molecular formula is C23H20N4O3S. The zero-order valence-electron chi connectivity index (χ0n) is 17.0. The summed E-state index contributed by atoms with van der Waals surface area (Å²) in [6.45, 7) is 0.